The summed E-state index contributed by atoms with van der Waals surface area (Å²) in [5, 5.41) is 0.312. The molecule has 0 unspecified atom stereocenters. The van der Waals surface area contributed by atoms with E-state index < -0.39 is 10.1 Å². The van der Waals surface area contributed by atoms with E-state index in [2.05, 4.69) is 0 Å². The smallest absolute Gasteiger partial charge is 0.339 e. The van der Waals surface area contributed by atoms with Gasteiger partial charge in [0.1, 0.15) is 22.5 Å². The Labute approximate surface area is 172 Å². The molecule has 0 bridgehead atoms. The number of Topliss-reactive ketones (excluding diaryl/α,β-unsaturated/α-hetero) is 1. The number of hydrogen-bond acceptors (Lipinski definition) is 6. The monoisotopic (exact) mass is 420 g/mol. The first kappa shape index (κ1) is 19.6. The van der Waals surface area contributed by atoms with Gasteiger partial charge in [0.2, 0.25) is 0 Å². The number of carbonyl (C=O) groups excluding carboxylic acids is 1. The summed E-state index contributed by atoms with van der Waals surface area (Å²) in [6, 6.07) is 18.8. The predicted molar refractivity (Wildman–Crippen MR) is 112 cm³/mol. The Morgan fingerprint density at radius 3 is 2.30 bits per heavy atom. The van der Waals surface area contributed by atoms with Gasteiger partial charge >= 0.3 is 10.1 Å². The van der Waals surface area contributed by atoms with Gasteiger partial charge in [0, 0.05) is 11.6 Å². The van der Waals surface area contributed by atoms with Crippen LogP contribution in [0.15, 0.2) is 93.2 Å². The first-order valence-corrected chi connectivity index (χ1v) is 10.4. The van der Waals surface area contributed by atoms with Gasteiger partial charge in [-0.1, -0.05) is 42.5 Å². The maximum atomic E-state index is 12.8. The second kappa shape index (κ2) is 7.61. The SMILES string of the molecule is CC(=O)c1ccc(S(=O)(=O)Oc2ccc3c(=O)c(-c4ccccc4)coc3c2)cc1. The summed E-state index contributed by atoms with van der Waals surface area (Å²) in [7, 11) is -4.12. The fourth-order valence-electron chi connectivity index (χ4n) is 3.01. The normalized spacial score (nSPS) is 11.4. The van der Waals surface area contributed by atoms with Crippen LogP contribution >= 0.6 is 0 Å². The van der Waals surface area contributed by atoms with Crippen LogP contribution in [0.1, 0.15) is 17.3 Å². The largest absolute Gasteiger partial charge is 0.463 e. The van der Waals surface area contributed by atoms with E-state index in [0.29, 0.717) is 16.5 Å². The molecule has 0 atom stereocenters. The minimum absolute atomic E-state index is 0.00811. The maximum absolute atomic E-state index is 12.8. The van der Waals surface area contributed by atoms with Gasteiger partial charge in [-0.2, -0.15) is 8.42 Å². The Morgan fingerprint density at radius 2 is 1.63 bits per heavy atom. The maximum Gasteiger partial charge on any atom is 0.339 e. The van der Waals surface area contributed by atoms with Crippen LogP contribution in [0, 0.1) is 0 Å². The van der Waals surface area contributed by atoms with Crippen molar-refractivity contribution < 1.29 is 21.8 Å². The fourth-order valence-corrected chi connectivity index (χ4v) is 3.93. The van der Waals surface area contributed by atoms with E-state index in [1.54, 1.807) is 12.1 Å². The van der Waals surface area contributed by atoms with Crippen LogP contribution in [0.4, 0.5) is 0 Å². The molecule has 0 aliphatic carbocycles. The summed E-state index contributed by atoms with van der Waals surface area (Å²) in [5.41, 5.74) is 1.52. The third-order valence-electron chi connectivity index (χ3n) is 4.59. The number of hydrogen-bond donors (Lipinski definition) is 0. The molecule has 0 aliphatic rings. The number of ketones is 1. The van der Waals surface area contributed by atoms with E-state index in [4.69, 9.17) is 8.60 Å². The van der Waals surface area contributed by atoms with Crippen molar-refractivity contribution in [3.63, 3.8) is 0 Å². The summed E-state index contributed by atoms with van der Waals surface area (Å²) in [6.45, 7) is 1.39. The number of rotatable bonds is 5. The van der Waals surface area contributed by atoms with E-state index in [9.17, 15) is 18.0 Å². The summed E-state index contributed by atoms with van der Waals surface area (Å²) in [5.74, 6) is -0.159. The second-order valence-corrected chi connectivity index (χ2v) is 8.17. The molecule has 0 saturated carbocycles. The van der Waals surface area contributed by atoms with Crippen molar-refractivity contribution in [3.8, 4) is 16.9 Å². The highest BCUT2D eigenvalue weighted by molar-refractivity contribution is 7.87. The Balaban J connectivity index is 1.67. The fraction of sp³-hybridized carbons (Fsp3) is 0.0435. The number of carbonyl (C=O) groups is 1. The Morgan fingerprint density at radius 1 is 0.933 bits per heavy atom. The lowest BCUT2D eigenvalue weighted by Crippen LogP contribution is -2.10. The molecule has 0 N–H and O–H groups in total. The van der Waals surface area contributed by atoms with Gasteiger partial charge < -0.3 is 8.60 Å². The first-order valence-electron chi connectivity index (χ1n) is 9.02. The average molecular weight is 420 g/mol. The summed E-state index contributed by atoms with van der Waals surface area (Å²) in [4.78, 5) is 24.0. The first-order chi connectivity index (χ1) is 14.3. The van der Waals surface area contributed by atoms with Crippen LogP contribution < -0.4 is 9.61 Å². The molecular formula is C23H16O6S. The molecule has 150 valence electrons. The Bertz CT molecular complexity index is 1400. The van der Waals surface area contributed by atoms with Crippen molar-refractivity contribution in [2.24, 2.45) is 0 Å². The van der Waals surface area contributed by atoms with E-state index in [-0.39, 0.29) is 27.4 Å². The molecular weight excluding hydrogens is 404 g/mol. The van der Waals surface area contributed by atoms with Gasteiger partial charge in [-0.15, -0.1) is 0 Å². The van der Waals surface area contributed by atoms with Gasteiger partial charge in [0.25, 0.3) is 0 Å². The summed E-state index contributed by atoms with van der Waals surface area (Å²) >= 11 is 0. The molecule has 3 aromatic carbocycles. The van der Waals surface area contributed by atoms with Crippen molar-refractivity contribution in [2.75, 3.05) is 0 Å². The van der Waals surface area contributed by atoms with Crippen LogP contribution in [-0.2, 0) is 10.1 Å². The molecule has 0 saturated heterocycles. The number of benzene rings is 3. The van der Waals surface area contributed by atoms with Crippen LogP contribution in [0.25, 0.3) is 22.1 Å². The van der Waals surface area contributed by atoms with Gasteiger partial charge in [-0.3, -0.25) is 9.59 Å². The van der Waals surface area contributed by atoms with Crippen molar-refractivity contribution in [3.05, 3.63) is 94.8 Å². The topological polar surface area (TPSA) is 90.6 Å². The zero-order valence-electron chi connectivity index (χ0n) is 15.9. The van der Waals surface area contributed by atoms with Crippen molar-refractivity contribution in [1.82, 2.24) is 0 Å². The molecule has 30 heavy (non-hydrogen) atoms. The highest BCUT2D eigenvalue weighted by atomic mass is 32.2. The minimum atomic E-state index is -4.12. The van der Waals surface area contributed by atoms with Crippen LogP contribution in [0.3, 0.4) is 0 Å². The molecule has 6 nitrogen and oxygen atoms in total. The minimum Gasteiger partial charge on any atom is -0.463 e. The molecule has 0 fully saturated rings. The molecule has 4 aromatic rings. The standard InChI is InChI=1S/C23H16O6S/c1-15(24)16-7-10-19(11-8-16)30(26,27)29-18-9-12-20-22(13-18)28-14-21(23(20)25)17-5-3-2-4-6-17/h2-14H,1H3. The van der Waals surface area contributed by atoms with Crippen molar-refractivity contribution in [1.29, 1.82) is 0 Å². The molecule has 0 radical (unpaired) electrons. The van der Waals surface area contributed by atoms with Crippen LogP contribution in [-0.4, -0.2) is 14.2 Å². The van der Waals surface area contributed by atoms with Gasteiger partial charge in [-0.25, -0.2) is 0 Å². The van der Waals surface area contributed by atoms with Gasteiger partial charge in [-0.05, 0) is 36.8 Å². The highest BCUT2D eigenvalue weighted by Gasteiger charge is 2.18. The predicted octanol–water partition coefficient (Wildman–Crippen LogP) is 4.43. The molecule has 1 heterocycles. The summed E-state index contributed by atoms with van der Waals surface area (Å²) in [6.07, 6.45) is 1.35. The zero-order valence-corrected chi connectivity index (χ0v) is 16.7. The molecule has 1 aromatic heterocycles. The van der Waals surface area contributed by atoms with Gasteiger partial charge in [0.15, 0.2) is 11.2 Å². The molecule has 7 heteroatoms. The lowest BCUT2D eigenvalue weighted by Gasteiger charge is -2.08. The van der Waals surface area contributed by atoms with E-state index in [1.807, 2.05) is 18.2 Å². The average Bonchev–Trinajstić information content (AvgIpc) is 2.74. The Hall–Kier alpha value is -3.71. The molecule has 0 amide bonds. The molecule has 0 spiro atoms. The third-order valence-corrected chi connectivity index (χ3v) is 5.85. The van der Waals surface area contributed by atoms with Crippen LogP contribution in [0.2, 0.25) is 0 Å². The van der Waals surface area contributed by atoms with E-state index in [0.717, 1.165) is 5.56 Å². The van der Waals surface area contributed by atoms with E-state index >= 15 is 0 Å². The Kier molecular flexibility index (Phi) is 4.97. The van der Waals surface area contributed by atoms with Crippen molar-refractivity contribution in [2.45, 2.75) is 11.8 Å². The lowest BCUT2D eigenvalue weighted by molar-refractivity contribution is 0.101. The third kappa shape index (κ3) is 3.75. The quantitative estimate of drug-likeness (QED) is 0.350. The molecule has 4 rings (SSSR count). The molecule has 0 aliphatic heterocycles. The van der Waals surface area contributed by atoms with E-state index in [1.165, 1.54) is 55.7 Å². The highest BCUT2D eigenvalue weighted by Crippen LogP contribution is 2.25. The summed E-state index contributed by atoms with van der Waals surface area (Å²) < 4.78 is 35.8. The second-order valence-electron chi connectivity index (χ2n) is 6.62. The lowest BCUT2D eigenvalue weighted by atomic mass is 10.1. The van der Waals surface area contributed by atoms with Crippen LogP contribution in [0.5, 0.6) is 5.75 Å². The number of fused-ring (bicyclic) bond motifs is 1. The van der Waals surface area contributed by atoms with Gasteiger partial charge in [0.05, 0.1) is 10.9 Å². The zero-order chi connectivity index (χ0) is 21.3. The van der Waals surface area contributed by atoms with Crippen molar-refractivity contribution >= 4 is 26.9 Å².